The Labute approximate surface area is 203 Å². The molecule has 1 heterocycles. The molecule has 2 atom stereocenters. The van der Waals surface area contributed by atoms with Crippen molar-refractivity contribution in [2.24, 2.45) is 5.73 Å². The van der Waals surface area contributed by atoms with E-state index in [-0.39, 0.29) is 6.42 Å². The fourth-order valence-electron chi connectivity index (χ4n) is 2.87. The van der Waals surface area contributed by atoms with Gasteiger partial charge < -0.3 is 20.5 Å². The Morgan fingerprint density at radius 2 is 1.61 bits per heavy atom. The van der Waals surface area contributed by atoms with Crippen molar-refractivity contribution < 1.29 is 45.8 Å². The molecule has 3 N–H and O–H groups in total. The van der Waals surface area contributed by atoms with Crippen LogP contribution in [0.5, 0.6) is 5.75 Å². The van der Waals surface area contributed by atoms with Crippen LogP contribution in [0.25, 0.3) is 0 Å². The average Bonchev–Trinajstić information content (AvgIpc) is 2.81. The first kappa shape index (κ1) is 28.6. The van der Waals surface area contributed by atoms with E-state index in [1.807, 2.05) is 0 Å². The zero-order valence-electron chi connectivity index (χ0n) is 19.5. The first-order valence-electron chi connectivity index (χ1n) is 10.6. The lowest BCUT2D eigenvalue weighted by Gasteiger charge is -2.25. The molecule has 0 spiro atoms. The fraction of sp³-hybridized carbons (Fsp3) is 0.391. The number of halogens is 5. The lowest BCUT2D eigenvalue weighted by atomic mass is 10.1. The molecule has 13 heteroatoms. The molecule has 0 saturated heterocycles. The van der Waals surface area contributed by atoms with Gasteiger partial charge in [0, 0.05) is 18.8 Å². The summed E-state index contributed by atoms with van der Waals surface area (Å²) in [5.74, 6) is -16.6. The van der Waals surface area contributed by atoms with Gasteiger partial charge in [-0.1, -0.05) is 6.07 Å². The maximum absolute atomic E-state index is 13.8. The second-order valence-corrected chi connectivity index (χ2v) is 8.68. The minimum atomic E-state index is -2.42. The van der Waals surface area contributed by atoms with Gasteiger partial charge in [0.05, 0.1) is 6.04 Å². The molecule has 2 rings (SSSR count). The van der Waals surface area contributed by atoms with Crippen LogP contribution in [0.2, 0.25) is 0 Å². The van der Waals surface area contributed by atoms with Gasteiger partial charge >= 0.3 is 11.9 Å². The van der Waals surface area contributed by atoms with E-state index >= 15 is 0 Å². The number of nitrogens with zero attached hydrogens (tertiary/aromatic N) is 1. The quantitative estimate of drug-likeness (QED) is 0.173. The first-order chi connectivity index (χ1) is 16.7. The van der Waals surface area contributed by atoms with Crippen molar-refractivity contribution >= 4 is 17.8 Å². The normalized spacial score (nSPS) is 13.0. The van der Waals surface area contributed by atoms with Crippen LogP contribution in [-0.4, -0.2) is 40.5 Å². The lowest BCUT2D eigenvalue weighted by Crippen LogP contribution is -2.50. The topological polar surface area (TPSA) is 121 Å². The highest BCUT2D eigenvalue weighted by atomic mass is 19.2. The van der Waals surface area contributed by atoms with Crippen LogP contribution in [0, 0.1) is 29.1 Å². The van der Waals surface area contributed by atoms with E-state index in [1.165, 1.54) is 12.4 Å². The van der Waals surface area contributed by atoms with Crippen molar-refractivity contribution in [1.29, 1.82) is 0 Å². The van der Waals surface area contributed by atoms with Crippen molar-refractivity contribution in [3.05, 3.63) is 59.2 Å². The molecule has 1 amide bonds. The van der Waals surface area contributed by atoms with Gasteiger partial charge in [0.1, 0.15) is 11.6 Å². The number of hydrogen-bond donors (Lipinski definition) is 2. The molecule has 2 aromatic rings. The van der Waals surface area contributed by atoms with Gasteiger partial charge in [0.2, 0.25) is 40.7 Å². The van der Waals surface area contributed by atoms with E-state index in [0.717, 1.165) is 0 Å². The van der Waals surface area contributed by atoms with Crippen LogP contribution in [-0.2, 0) is 25.5 Å². The van der Waals surface area contributed by atoms with Crippen molar-refractivity contribution in [2.45, 2.75) is 57.7 Å². The van der Waals surface area contributed by atoms with Crippen LogP contribution in [0.3, 0.4) is 0 Å². The average molecular weight is 517 g/mol. The third-order valence-corrected chi connectivity index (χ3v) is 4.55. The van der Waals surface area contributed by atoms with E-state index in [0.29, 0.717) is 5.56 Å². The highest BCUT2D eigenvalue weighted by Gasteiger charge is 2.31. The van der Waals surface area contributed by atoms with Crippen LogP contribution < -0.4 is 15.8 Å². The number of nitrogens with two attached hydrogens (primary N) is 1. The van der Waals surface area contributed by atoms with E-state index in [1.54, 1.807) is 32.9 Å². The number of hydrogen-bond acceptors (Lipinski definition) is 7. The molecule has 0 unspecified atom stereocenters. The Morgan fingerprint density at radius 1 is 1.03 bits per heavy atom. The summed E-state index contributed by atoms with van der Waals surface area (Å²) in [5.41, 5.74) is 5.55. The van der Waals surface area contributed by atoms with Gasteiger partial charge in [-0.15, -0.1) is 0 Å². The van der Waals surface area contributed by atoms with E-state index in [9.17, 15) is 36.3 Å². The second-order valence-electron chi connectivity index (χ2n) is 8.68. The summed E-state index contributed by atoms with van der Waals surface area (Å²) in [6, 6.07) is 0.764. The van der Waals surface area contributed by atoms with Gasteiger partial charge in [0.25, 0.3) is 0 Å². The predicted octanol–water partition coefficient (Wildman–Crippen LogP) is 2.86. The number of esters is 2. The first-order valence-corrected chi connectivity index (χ1v) is 10.6. The molecule has 0 aliphatic heterocycles. The minimum absolute atomic E-state index is 0.0724. The van der Waals surface area contributed by atoms with Gasteiger partial charge in [-0.05, 0) is 45.2 Å². The van der Waals surface area contributed by atoms with Crippen LogP contribution in [0.1, 0.15) is 39.2 Å². The Bertz CT molecular complexity index is 1100. The van der Waals surface area contributed by atoms with E-state index < -0.39 is 83.2 Å². The van der Waals surface area contributed by atoms with Crippen LogP contribution in [0.15, 0.2) is 24.5 Å². The van der Waals surface area contributed by atoms with Crippen molar-refractivity contribution in [1.82, 2.24) is 10.3 Å². The molecule has 0 radical (unpaired) electrons. The van der Waals surface area contributed by atoms with Gasteiger partial charge in [0.15, 0.2) is 0 Å². The molecule has 0 saturated carbocycles. The number of amides is 1. The monoisotopic (exact) mass is 517 g/mol. The largest absolute Gasteiger partial charge is 0.458 e. The summed E-state index contributed by atoms with van der Waals surface area (Å²) in [6.45, 7) is 4.65. The van der Waals surface area contributed by atoms with Crippen molar-refractivity contribution in [3.8, 4) is 5.75 Å². The summed E-state index contributed by atoms with van der Waals surface area (Å²) >= 11 is 0. The Hall–Kier alpha value is -3.61. The molecule has 8 nitrogen and oxygen atoms in total. The number of pyridine rings is 1. The third-order valence-electron chi connectivity index (χ3n) is 4.55. The number of aromatic nitrogens is 1. The number of rotatable bonds is 9. The van der Waals surface area contributed by atoms with Gasteiger partial charge in [-0.25, -0.2) is 18.0 Å². The predicted molar refractivity (Wildman–Crippen MR) is 115 cm³/mol. The fourth-order valence-corrected chi connectivity index (χ4v) is 2.87. The summed E-state index contributed by atoms with van der Waals surface area (Å²) in [4.78, 5) is 41.2. The summed E-state index contributed by atoms with van der Waals surface area (Å²) < 4.78 is 76.9. The Kier molecular flexibility index (Phi) is 9.45. The Morgan fingerprint density at radius 3 is 2.14 bits per heavy atom. The number of benzene rings is 1. The maximum atomic E-state index is 13.8. The van der Waals surface area contributed by atoms with Gasteiger partial charge in [-0.3, -0.25) is 14.6 Å². The third kappa shape index (κ3) is 7.70. The van der Waals surface area contributed by atoms with E-state index in [2.05, 4.69) is 15.0 Å². The summed E-state index contributed by atoms with van der Waals surface area (Å²) in [7, 11) is 0. The van der Waals surface area contributed by atoms with Crippen LogP contribution in [0.4, 0.5) is 22.0 Å². The molecular weight excluding hydrogens is 493 g/mol. The smallest absolute Gasteiger partial charge is 0.329 e. The number of nitrogens with one attached hydrogen (secondary N) is 1. The molecule has 0 fully saturated rings. The molecule has 1 aromatic heterocycles. The summed E-state index contributed by atoms with van der Waals surface area (Å²) in [6.07, 6.45) is 1.84. The number of carbonyl (C=O) groups is 3. The minimum Gasteiger partial charge on any atom is -0.458 e. The highest BCUT2D eigenvalue weighted by Crippen LogP contribution is 2.29. The lowest BCUT2D eigenvalue weighted by molar-refractivity contribution is -0.159. The summed E-state index contributed by atoms with van der Waals surface area (Å²) in [5, 5.41) is 2.34. The zero-order valence-corrected chi connectivity index (χ0v) is 19.5. The molecule has 1 aromatic carbocycles. The number of carbonyl (C=O) groups excluding carboxylic acids is 3. The SMILES string of the molecule is CC(C)(C)OC(=O)[C@H](CCC(=O)Oc1c(F)c(F)c(F)c(F)c1F)NC(=O)[C@@H](N)Cc1cccnc1. The second kappa shape index (κ2) is 11.9. The highest BCUT2D eigenvalue weighted by molar-refractivity contribution is 5.88. The molecule has 0 bridgehead atoms. The zero-order chi connectivity index (χ0) is 27.2. The molecular formula is C23H24F5N3O5. The maximum Gasteiger partial charge on any atom is 0.329 e. The molecule has 0 aliphatic carbocycles. The molecule has 196 valence electrons. The standard InChI is InChI=1S/C23H24F5N3O5/c1-23(2,3)36-22(34)13(31-21(33)12(29)9-11-5-4-8-30-10-11)6-7-14(32)35-20-18(27)16(25)15(24)17(26)19(20)28/h4-5,8,10,12-13H,6-7,9,29H2,1-3H3,(H,31,33)/t12-,13-/m0/s1. The molecule has 0 aliphatic rings. The van der Waals surface area contributed by atoms with Gasteiger partial charge in [-0.2, -0.15) is 8.78 Å². The molecule has 36 heavy (non-hydrogen) atoms. The van der Waals surface area contributed by atoms with Crippen molar-refractivity contribution in [2.75, 3.05) is 0 Å². The van der Waals surface area contributed by atoms with E-state index in [4.69, 9.17) is 10.5 Å². The number of ether oxygens (including phenoxy) is 2. The van der Waals surface area contributed by atoms with Crippen molar-refractivity contribution in [3.63, 3.8) is 0 Å². The Balaban J connectivity index is 2.12. The van der Waals surface area contributed by atoms with Crippen LogP contribution >= 0.6 is 0 Å².